The summed E-state index contributed by atoms with van der Waals surface area (Å²) in [6.45, 7) is 4.88. The van der Waals surface area contributed by atoms with Crippen molar-refractivity contribution in [2.24, 2.45) is 0 Å². The number of unbranched alkanes of at least 4 members (excludes halogenated alkanes) is 11. The third kappa shape index (κ3) is 14.4. The maximum Gasteiger partial charge on any atom is 0.543 e. The molecule has 31 heavy (non-hydrogen) atoms. The molecular weight excluding hydrogens is 400 g/mol. The smallest absolute Gasteiger partial charge is 0.494 e. The van der Waals surface area contributed by atoms with Gasteiger partial charge in [-0.2, -0.15) is 0 Å². The third-order valence-corrected chi connectivity index (χ3v) is 4.83. The van der Waals surface area contributed by atoms with Crippen molar-refractivity contribution in [1.29, 1.82) is 0 Å². The molecule has 0 spiro atoms. The molecule has 0 saturated carbocycles. The summed E-state index contributed by atoms with van der Waals surface area (Å²) in [6, 6.07) is 6.29. The summed E-state index contributed by atoms with van der Waals surface area (Å²) in [7, 11) is 0. The quantitative estimate of drug-likeness (QED) is 0.106. The van der Waals surface area contributed by atoms with E-state index < -0.39 is 12.1 Å². The molecule has 0 radical (unpaired) electrons. The van der Waals surface area contributed by atoms with E-state index >= 15 is 0 Å². The van der Waals surface area contributed by atoms with E-state index in [0.29, 0.717) is 12.4 Å². The van der Waals surface area contributed by atoms with Crippen LogP contribution in [0.3, 0.4) is 0 Å². The molecule has 0 atom stereocenters. The minimum atomic E-state index is -1.04. The standard InChI is InChI=1S/C24H38O7/c1-3-5-6-7-8-9-10-11-12-13-14-15-20-28-24(26)30-31-29-23(25)21-16-18-22(19-17-21)27-4-2/h16-19H,3-15,20H2,1-2H3. The highest BCUT2D eigenvalue weighted by molar-refractivity contribution is 5.89. The largest absolute Gasteiger partial charge is 0.543 e. The first kappa shape index (κ1) is 26.8. The first-order valence-corrected chi connectivity index (χ1v) is 11.6. The van der Waals surface area contributed by atoms with Gasteiger partial charge in [0.2, 0.25) is 0 Å². The lowest BCUT2D eigenvalue weighted by atomic mass is 10.1. The Morgan fingerprint density at radius 1 is 0.710 bits per heavy atom. The number of ether oxygens (including phenoxy) is 2. The highest BCUT2D eigenvalue weighted by atomic mass is 17.5. The van der Waals surface area contributed by atoms with Gasteiger partial charge in [0.05, 0.1) is 23.8 Å². The zero-order chi connectivity index (χ0) is 22.6. The van der Waals surface area contributed by atoms with Gasteiger partial charge in [-0.3, -0.25) is 4.89 Å². The molecular formula is C24H38O7. The van der Waals surface area contributed by atoms with Crippen LogP contribution in [0.4, 0.5) is 4.79 Å². The maximum atomic E-state index is 11.8. The number of carbonyl (C=O) groups excluding carboxylic acids is 2. The maximum absolute atomic E-state index is 11.8. The molecule has 0 aliphatic carbocycles. The Morgan fingerprint density at radius 2 is 1.26 bits per heavy atom. The summed E-state index contributed by atoms with van der Waals surface area (Å²) in [4.78, 5) is 31.9. The summed E-state index contributed by atoms with van der Waals surface area (Å²) in [6.07, 6.45) is 13.7. The molecule has 0 aromatic heterocycles. The molecule has 1 aromatic carbocycles. The molecule has 0 saturated heterocycles. The van der Waals surface area contributed by atoms with Crippen LogP contribution in [-0.4, -0.2) is 25.3 Å². The van der Waals surface area contributed by atoms with Crippen LogP contribution in [0.1, 0.15) is 101 Å². The fourth-order valence-electron chi connectivity index (χ4n) is 3.10. The van der Waals surface area contributed by atoms with Crippen LogP contribution in [0.2, 0.25) is 0 Å². The van der Waals surface area contributed by atoms with Gasteiger partial charge in [0.15, 0.2) is 0 Å². The van der Waals surface area contributed by atoms with Crippen molar-refractivity contribution < 1.29 is 33.9 Å². The molecule has 0 fully saturated rings. The summed E-state index contributed by atoms with van der Waals surface area (Å²) in [5.41, 5.74) is 0.233. The zero-order valence-corrected chi connectivity index (χ0v) is 19.1. The van der Waals surface area contributed by atoms with Gasteiger partial charge >= 0.3 is 12.1 Å². The highest BCUT2D eigenvalue weighted by Gasteiger charge is 2.12. The fraction of sp³-hybridized carbons (Fsp3) is 0.667. The van der Waals surface area contributed by atoms with Crippen LogP contribution in [0.15, 0.2) is 24.3 Å². The number of rotatable bonds is 18. The lowest BCUT2D eigenvalue weighted by Crippen LogP contribution is -2.12. The molecule has 0 aliphatic heterocycles. The van der Waals surface area contributed by atoms with E-state index in [4.69, 9.17) is 9.47 Å². The lowest BCUT2D eigenvalue weighted by molar-refractivity contribution is -0.452. The molecule has 7 heteroatoms. The summed E-state index contributed by atoms with van der Waals surface area (Å²) in [5.74, 6) is -0.158. The molecule has 1 rings (SSSR count). The van der Waals surface area contributed by atoms with Gasteiger partial charge < -0.3 is 9.47 Å². The molecule has 1 aromatic rings. The summed E-state index contributed by atoms with van der Waals surface area (Å²) in [5, 5.41) is 4.20. The van der Waals surface area contributed by atoms with Crippen molar-refractivity contribution in [1.82, 2.24) is 0 Å². The number of hydrogen-bond donors (Lipinski definition) is 0. The van der Waals surface area contributed by atoms with Crippen molar-refractivity contribution in [3.8, 4) is 5.75 Å². The Hall–Kier alpha value is -2.28. The Balaban J connectivity index is 1.93. The van der Waals surface area contributed by atoms with Gasteiger partial charge in [-0.15, -0.1) is 0 Å². The molecule has 0 bridgehead atoms. The highest BCUT2D eigenvalue weighted by Crippen LogP contribution is 2.13. The van der Waals surface area contributed by atoms with E-state index in [1.807, 2.05) is 6.92 Å². The minimum absolute atomic E-state index is 0.233. The Bertz CT molecular complexity index is 586. The third-order valence-electron chi connectivity index (χ3n) is 4.83. The van der Waals surface area contributed by atoms with Crippen LogP contribution >= 0.6 is 0 Å². The average molecular weight is 439 g/mol. The van der Waals surface area contributed by atoms with Crippen LogP contribution in [0.5, 0.6) is 5.75 Å². The average Bonchev–Trinajstić information content (AvgIpc) is 2.77. The van der Waals surface area contributed by atoms with Crippen LogP contribution < -0.4 is 4.74 Å². The van der Waals surface area contributed by atoms with Gasteiger partial charge in [-0.25, -0.2) is 14.5 Å². The molecule has 0 amide bonds. The van der Waals surface area contributed by atoms with E-state index in [1.54, 1.807) is 12.1 Å². The number of hydrogen-bond acceptors (Lipinski definition) is 7. The fourth-order valence-corrected chi connectivity index (χ4v) is 3.10. The molecule has 0 aliphatic rings. The van der Waals surface area contributed by atoms with E-state index in [-0.39, 0.29) is 12.2 Å². The Kier molecular flexibility index (Phi) is 16.0. The predicted octanol–water partition coefficient (Wildman–Crippen LogP) is 6.94. The minimum Gasteiger partial charge on any atom is -0.494 e. The SMILES string of the molecule is CCCCCCCCCCCCCCOC(=O)OOOC(=O)c1ccc(OCC)cc1. The van der Waals surface area contributed by atoms with Gasteiger partial charge in [-0.1, -0.05) is 77.6 Å². The second-order valence-electron chi connectivity index (χ2n) is 7.47. The Labute approximate surface area is 186 Å². The van der Waals surface area contributed by atoms with E-state index in [2.05, 4.69) is 21.7 Å². The summed E-state index contributed by atoms with van der Waals surface area (Å²) < 4.78 is 10.2. The topological polar surface area (TPSA) is 80.3 Å². The van der Waals surface area contributed by atoms with Crippen molar-refractivity contribution in [2.45, 2.75) is 90.9 Å². The zero-order valence-electron chi connectivity index (χ0n) is 19.1. The normalized spacial score (nSPS) is 10.5. The Morgan fingerprint density at radius 3 is 1.81 bits per heavy atom. The number of benzene rings is 1. The van der Waals surface area contributed by atoms with Gasteiger partial charge in [-0.05, 0) is 37.6 Å². The van der Waals surface area contributed by atoms with E-state index in [0.717, 1.165) is 19.3 Å². The van der Waals surface area contributed by atoms with E-state index in [1.165, 1.54) is 69.9 Å². The van der Waals surface area contributed by atoms with Gasteiger partial charge in [0.25, 0.3) is 0 Å². The van der Waals surface area contributed by atoms with Crippen molar-refractivity contribution in [3.63, 3.8) is 0 Å². The van der Waals surface area contributed by atoms with Crippen LogP contribution in [0.25, 0.3) is 0 Å². The molecule has 0 unspecified atom stereocenters. The molecule has 7 nitrogen and oxygen atoms in total. The first-order chi connectivity index (χ1) is 15.2. The molecule has 0 N–H and O–H groups in total. The van der Waals surface area contributed by atoms with Gasteiger partial charge in [0, 0.05) is 0 Å². The molecule has 0 heterocycles. The predicted molar refractivity (Wildman–Crippen MR) is 118 cm³/mol. The lowest BCUT2D eigenvalue weighted by Gasteiger charge is -2.05. The second-order valence-corrected chi connectivity index (χ2v) is 7.47. The van der Waals surface area contributed by atoms with Crippen molar-refractivity contribution in [2.75, 3.05) is 13.2 Å². The second kappa shape index (κ2) is 18.5. The number of carbonyl (C=O) groups is 2. The van der Waals surface area contributed by atoms with Crippen LogP contribution in [0, 0.1) is 0 Å². The summed E-state index contributed by atoms with van der Waals surface area (Å²) >= 11 is 0. The van der Waals surface area contributed by atoms with Gasteiger partial charge in [0.1, 0.15) is 5.75 Å². The molecule has 176 valence electrons. The monoisotopic (exact) mass is 438 g/mol. The van der Waals surface area contributed by atoms with Crippen molar-refractivity contribution >= 4 is 12.1 Å². The van der Waals surface area contributed by atoms with Crippen molar-refractivity contribution in [3.05, 3.63) is 29.8 Å². The van der Waals surface area contributed by atoms with Crippen LogP contribution in [-0.2, 0) is 19.6 Å². The van der Waals surface area contributed by atoms with E-state index in [9.17, 15) is 9.59 Å². The first-order valence-electron chi connectivity index (χ1n) is 11.6.